The van der Waals surface area contributed by atoms with Crippen LogP contribution in [0.25, 0.3) is 11.0 Å². The van der Waals surface area contributed by atoms with Crippen molar-refractivity contribution in [2.75, 3.05) is 16.2 Å². The van der Waals surface area contributed by atoms with Gasteiger partial charge in [0.1, 0.15) is 11.3 Å². The monoisotopic (exact) mass is 530 g/mol. The standard InChI is InChI=1S/C21H20Cl2N2O6S2/c1-32(27,28)25(33(2,29)30)13-6-3-5-12(11-13)20(26)21(24)17(23)10-9-16-18(21)14-7-4-8-15(22)19(14)31-16/h3-8,11,17H,9-10,24H2,1-2H3. The van der Waals surface area contributed by atoms with Crippen molar-refractivity contribution in [3.63, 3.8) is 0 Å². The molecule has 1 heterocycles. The van der Waals surface area contributed by atoms with Gasteiger partial charge in [-0.25, -0.2) is 16.8 Å². The summed E-state index contributed by atoms with van der Waals surface area (Å²) in [7, 11) is -8.39. The predicted molar refractivity (Wildman–Crippen MR) is 128 cm³/mol. The molecule has 0 saturated heterocycles. The second-order valence-electron chi connectivity index (χ2n) is 7.99. The van der Waals surface area contributed by atoms with Gasteiger partial charge in [-0.15, -0.1) is 11.6 Å². The third-order valence-electron chi connectivity index (χ3n) is 5.57. The molecular weight excluding hydrogens is 511 g/mol. The molecule has 8 nitrogen and oxygen atoms in total. The van der Waals surface area contributed by atoms with Gasteiger partial charge in [0.2, 0.25) is 20.0 Å². The fourth-order valence-corrected chi connectivity index (χ4v) is 7.78. The minimum Gasteiger partial charge on any atom is -0.459 e. The van der Waals surface area contributed by atoms with E-state index in [1.165, 1.54) is 24.3 Å². The van der Waals surface area contributed by atoms with Crippen LogP contribution in [0.5, 0.6) is 0 Å². The van der Waals surface area contributed by atoms with Gasteiger partial charge in [0.05, 0.1) is 28.6 Å². The average molecular weight is 531 g/mol. The maximum atomic E-state index is 13.8. The maximum Gasteiger partial charge on any atom is 0.245 e. The van der Waals surface area contributed by atoms with Gasteiger partial charge in [-0.1, -0.05) is 35.9 Å². The first kappa shape index (κ1) is 24.0. The van der Waals surface area contributed by atoms with E-state index in [2.05, 4.69) is 0 Å². The fourth-order valence-electron chi connectivity index (χ4n) is 4.29. The van der Waals surface area contributed by atoms with Crippen LogP contribution in [0.3, 0.4) is 0 Å². The zero-order valence-electron chi connectivity index (χ0n) is 17.6. The molecule has 176 valence electrons. The minimum atomic E-state index is -4.20. The lowest BCUT2D eigenvalue weighted by Crippen LogP contribution is -2.54. The van der Waals surface area contributed by atoms with Gasteiger partial charge in [0.25, 0.3) is 0 Å². The number of Topliss-reactive ketones (excluding diaryl/α,β-unsaturated/α-hetero) is 1. The molecule has 2 aromatic carbocycles. The lowest BCUT2D eigenvalue weighted by Gasteiger charge is -2.36. The number of furan rings is 1. The van der Waals surface area contributed by atoms with Crippen LogP contribution in [0, 0.1) is 0 Å². The lowest BCUT2D eigenvalue weighted by molar-refractivity contribution is 0.0871. The van der Waals surface area contributed by atoms with Crippen LogP contribution in [0.4, 0.5) is 5.69 Å². The Labute approximate surface area is 201 Å². The van der Waals surface area contributed by atoms with Gasteiger partial charge >= 0.3 is 0 Å². The van der Waals surface area contributed by atoms with Gasteiger partial charge in [0.15, 0.2) is 11.4 Å². The molecule has 2 atom stereocenters. The van der Waals surface area contributed by atoms with Gasteiger partial charge in [-0.05, 0) is 24.6 Å². The first-order valence-corrected chi connectivity index (χ1v) is 14.3. The van der Waals surface area contributed by atoms with Crippen molar-refractivity contribution in [2.24, 2.45) is 5.73 Å². The van der Waals surface area contributed by atoms with Crippen molar-refractivity contribution >= 4 is 65.7 Å². The van der Waals surface area contributed by atoms with Gasteiger partial charge in [0, 0.05) is 22.9 Å². The number of nitrogens with zero attached hydrogens (tertiary/aromatic N) is 1. The van der Waals surface area contributed by atoms with E-state index in [0.29, 0.717) is 40.2 Å². The number of ketones is 1. The summed E-state index contributed by atoms with van der Waals surface area (Å²) in [6.07, 6.45) is 2.33. The van der Waals surface area contributed by atoms with Crippen LogP contribution < -0.4 is 9.44 Å². The van der Waals surface area contributed by atoms with Crippen LogP contribution in [0.1, 0.15) is 28.1 Å². The maximum absolute atomic E-state index is 13.8. The molecule has 1 aliphatic carbocycles. The fraction of sp³-hybridized carbons (Fsp3) is 0.286. The van der Waals surface area contributed by atoms with E-state index in [1.807, 2.05) is 0 Å². The number of alkyl halides is 1. The number of para-hydroxylation sites is 1. The number of fused-ring (bicyclic) bond motifs is 3. The van der Waals surface area contributed by atoms with Crippen LogP contribution >= 0.6 is 23.2 Å². The number of sulfonamides is 2. The Morgan fingerprint density at radius 3 is 2.39 bits per heavy atom. The molecular formula is C21H20Cl2N2O6S2. The number of hydrogen-bond donors (Lipinski definition) is 1. The van der Waals surface area contributed by atoms with Gasteiger partial charge in [-0.3, -0.25) is 4.79 Å². The Morgan fingerprint density at radius 1 is 1.12 bits per heavy atom. The third kappa shape index (κ3) is 3.93. The zero-order valence-corrected chi connectivity index (χ0v) is 20.7. The minimum absolute atomic E-state index is 0.00202. The summed E-state index contributed by atoms with van der Waals surface area (Å²) in [5.41, 5.74) is 5.60. The predicted octanol–water partition coefficient (Wildman–Crippen LogP) is 3.40. The number of rotatable bonds is 5. The third-order valence-corrected chi connectivity index (χ3v) is 9.68. The quantitative estimate of drug-likeness (QED) is 0.395. The number of carbonyl (C=O) groups is 1. The van der Waals surface area contributed by atoms with Crippen molar-refractivity contribution < 1.29 is 26.0 Å². The summed E-state index contributed by atoms with van der Waals surface area (Å²) in [6.45, 7) is 0. The molecule has 0 bridgehead atoms. The summed E-state index contributed by atoms with van der Waals surface area (Å²) >= 11 is 12.9. The molecule has 4 rings (SSSR count). The Hall–Kier alpha value is -2.11. The van der Waals surface area contributed by atoms with Crippen LogP contribution in [-0.4, -0.2) is 40.5 Å². The second-order valence-corrected chi connectivity index (χ2v) is 12.8. The molecule has 0 amide bonds. The molecule has 3 aromatic rings. The Kier molecular flexibility index (Phi) is 5.82. The lowest BCUT2D eigenvalue weighted by atomic mass is 9.74. The van der Waals surface area contributed by atoms with E-state index in [1.54, 1.807) is 18.2 Å². The van der Waals surface area contributed by atoms with Gasteiger partial charge < -0.3 is 10.2 Å². The highest BCUT2D eigenvalue weighted by Gasteiger charge is 2.50. The number of hydrogen-bond acceptors (Lipinski definition) is 7. The first-order chi connectivity index (χ1) is 15.3. The molecule has 33 heavy (non-hydrogen) atoms. The summed E-state index contributed by atoms with van der Waals surface area (Å²) < 4.78 is 54.9. The normalized spacial score (nSPS) is 21.1. The van der Waals surface area contributed by atoms with E-state index in [9.17, 15) is 21.6 Å². The highest BCUT2D eigenvalue weighted by atomic mass is 35.5. The van der Waals surface area contributed by atoms with Crippen LogP contribution in [0.2, 0.25) is 5.02 Å². The number of halogens is 2. The largest absolute Gasteiger partial charge is 0.459 e. The molecule has 2 N–H and O–H groups in total. The Balaban J connectivity index is 1.90. The number of benzene rings is 2. The summed E-state index contributed by atoms with van der Waals surface area (Å²) in [4.78, 5) is 13.8. The zero-order chi connectivity index (χ0) is 24.3. The topological polar surface area (TPSA) is 128 Å². The Bertz CT molecular complexity index is 1470. The molecule has 1 aromatic heterocycles. The summed E-state index contributed by atoms with van der Waals surface area (Å²) in [6, 6.07) is 10.4. The molecule has 0 fully saturated rings. The molecule has 0 radical (unpaired) electrons. The smallest absolute Gasteiger partial charge is 0.245 e. The first-order valence-electron chi connectivity index (χ1n) is 9.75. The van der Waals surface area contributed by atoms with E-state index in [0.717, 1.165) is 12.5 Å². The number of carbonyl (C=O) groups excluding carboxylic acids is 1. The summed E-state index contributed by atoms with van der Waals surface area (Å²) in [5.74, 6) is -0.106. The van der Waals surface area contributed by atoms with Crippen molar-refractivity contribution in [1.82, 2.24) is 0 Å². The second kappa shape index (κ2) is 7.99. The van der Waals surface area contributed by atoms with Crippen molar-refractivity contribution in [3.05, 3.63) is 64.4 Å². The number of nitrogens with two attached hydrogens (primary N) is 1. The SMILES string of the molecule is CS(=O)(=O)N(c1cccc(C(=O)C2(N)c3c(oc4c(Cl)cccc34)CCC2Cl)c1)S(C)(=O)=O. The van der Waals surface area contributed by atoms with Crippen LogP contribution in [-0.2, 0) is 32.0 Å². The molecule has 0 saturated carbocycles. The van der Waals surface area contributed by atoms with E-state index in [4.69, 9.17) is 33.4 Å². The van der Waals surface area contributed by atoms with E-state index >= 15 is 0 Å². The van der Waals surface area contributed by atoms with Crippen molar-refractivity contribution in [3.8, 4) is 0 Å². The molecule has 0 spiro atoms. The molecule has 1 aliphatic rings. The van der Waals surface area contributed by atoms with Crippen LogP contribution in [0.15, 0.2) is 46.9 Å². The Morgan fingerprint density at radius 2 is 1.76 bits per heavy atom. The van der Waals surface area contributed by atoms with Gasteiger partial charge in [-0.2, -0.15) is 3.71 Å². The van der Waals surface area contributed by atoms with Crippen molar-refractivity contribution in [2.45, 2.75) is 23.8 Å². The highest BCUT2D eigenvalue weighted by molar-refractivity contribution is 8.09. The van der Waals surface area contributed by atoms with E-state index < -0.39 is 36.7 Å². The molecule has 12 heteroatoms. The molecule has 0 aliphatic heterocycles. The highest BCUT2D eigenvalue weighted by Crippen LogP contribution is 2.45. The number of aryl methyl sites for hydroxylation is 1. The average Bonchev–Trinajstić information content (AvgIpc) is 3.09. The van der Waals surface area contributed by atoms with Crippen molar-refractivity contribution in [1.29, 1.82) is 0 Å². The molecule has 2 unspecified atom stereocenters. The summed E-state index contributed by atoms with van der Waals surface area (Å²) in [5, 5.41) is 0.118. The van der Waals surface area contributed by atoms with E-state index in [-0.39, 0.29) is 15.0 Å². The number of anilines is 1.